The Morgan fingerprint density at radius 1 is 1.62 bits per heavy atom. The van der Waals surface area contributed by atoms with Gasteiger partial charge in [0.1, 0.15) is 6.33 Å². The minimum atomic E-state index is -1.17. The van der Waals surface area contributed by atoms with Crippen molar-refractivity contribution in [3.63, 3.8) is 0 Å². The molecular weight excluding hydrogens is 218 g/mol. The van der Waals surface area contributed by atoms with Gasteiger partial charge in [0.25, 0.3) is 0 Å². The van der Waals surface area contributed by atoms with Gasteiger partial charge in [-0.1, -0.05) is 0 Å². The Kier molecular flexibility index (Phi) is 4.21. The number of aromatic nitrogens is 3. The number of hydroxylamine groups is 1. The maximum atomic E-state index is 11.0. The van der Waals surface area contributed by atoms with E-state index in [-0.39, 0.29) is 6.54 Å². The van der Waals surface area contributed by atoms with Crippen LogP contribution in [0.3, 0.4) is 0 Å². The molecule has 0 fully saturated rings. The van der Waals surface area contributed by atoms with Crippen LogP contribution in [0, 0.1) is 0 Å². The predicted molar refractivity (Wildman–Crippen MR) is 50.0 cm³/mol. The molecule has 1 rings (SSSR count). The van der Waals surface area contributed by atoms with E-state index in [0.717, 1.165) is 0 Å². The molecule has 16 heavy (non-hydrogen) atoms. The number of rotatable bonds is 5. The van der Waals surface area contributed by atoms with Crippen molar-refractivity contribution in [2.45, 2.75) is 6.54 Å². The maximum Gasteiger partial charge on any atom is 0.339 e. The van der Waals surface area contributed by atoms with Gasteiger partial charge in [0.2, 0.25) is 0 Å². The highest BCUT2D eigenvalue weighted by Crippen LogP contribution is 1.86. The van der Waals surface area contributed by atoms with E-state index in [1.54, 1.807) is 7.05 Å². The molecule has 0 aromatic carbocycles. The SMILES string of the molecule is Cn1cnc(CNC(=O)NOCC(=O)O)n1. The summed E-state index contributed by atoms with van der Waals surface area (Å²) >= 11 is 0. The van der Waals surface area contributed by atoms with Crippen LogP contribution < -0.4 is 10.8 Å². The molecular formula is C7H11N5O4. The fourth-order valence-electron chi connectivity index (χ4n) is 0.824. The van der Waals surface area contributed by atoms with Crippen LogP contribution in [-0.2, 0) is 23.2 Å². The van der Waals surface area contributed by atoms with E-state index >= 15 is 0 Å². The Balaban J connectivity index is 2.17. The number of hydrogen-bond acceptors (Lipinski definition) is 5. The van der Waals surface area contributed by atoms with Crippen molar-refractivity contribution < 1.29 is 19.5 Å². The number of carboxylic acids is 1. The van der Waals surface area contributed by atoms with Crippen molar-refractivity contribution in [2.75, 3.05) is 6.61 Å². The van der Waals surface area contributed by atoms with Gasteiger partial charge in [-0.3, -0.25) is 9.52 Å². The average molecular weight is 229 g/mol. The highest BCUT2D eigenvalue weighted by molar-refractivity contribution is 5.73. The van der Waals surface area contributed by atoms with E-state index in [0.29, 0.717) is 5.82 Å². The number of carbonyl (C=O) groups excluding carboxylic acids is 1. The number of carboxylic acid groups (broad SMARTS) is 1. The van der Waals surface area contributed by atoms with Crippen LogP contribution in [0.1, 0.15) is 5.82 Å². The van der Waals surface area contributed by atoms with Gasteiger partial charge < -0.3 is 10.4 Å². The zero-order valence-corrected chi connectivity index (χ0v) is 8.51. The van der Waals surface area contributed by atoms with Crippen LogP contribution in [0.2, 0.25) is 0 Å². The standard InChI is InChI=1S/C7H11N5O4/c1-12-4-9-5(10-12)2-8-7(15)11-16-3-6(13)14/h4H,2-3H2,1H3,(H,13,14)(H2,8,11,15). The molecule has 9 heteroatoms. The molecule has 0 saturated carbocycles. The molecule has 1 heterocycles. The molecule has 0 aliphatic heterocycles. The van der Waals surface area contributed by atoms with Gasteiger partial charge in [-0.15, -0.1) is 0 Å². The summed E-state index contributed by atoms with van der Waals surface area (Å²) in [5.74, 6) is -0.734. The molecule has 1 aromatic rings. The molecule has 0 spiro atoms. The van der Waals surface area contributed by atoms with Crippen LogP contribution >= 0.6 is 0 Å². The third kappa shape index (κ3) is 4.37. The zero-order valence-electron chi connectivity index (χ0n) is 8.51. The second kappa shape index (κ2) is 5.66. The van der Waals surface area contributed by atoms with Crippen molar-refractivity contribution in [2.24, 2.45) is 7.05 Å². The topological polar surface area (TPSA) is 118 Å². The largest absolute Gasteiger partial charge is 0.479 e. The number of nitrogens with zero attached hydrogens (tertiary/aromatic N) is 3. The number of urea groups is 1. The van der Waals surface area contributed by atoms with Crippen LogP contribution in [0.4, 0.5) is 4.79 Å². The first-order valence-corrected chi connectivity index (χ1v) is 4.30. The Bertz CT molecular complexity index is 377. The molecule has 0 radical (unpaired) electrons. The second-order valence-corrected chi connectivity index (χ2v) is 2.80. The first kappa shape index (κ1) is 11.9. The number of hydrogen-bond donors (Lipinski definition) is 3. The third-order valence-corrected chi connectivity index (χ3v) is 1.41. The van der Waals surface area contributed by atoms with Crippen molar-refractivity contribution in [1.82, 2.24) is 25.6 Å². The summed E-state index contributed by atoms with van der Waals surface area (Å²) in [7, 11) is 1.70. The molecule has 0 aliphatic carbocycles. The molecule has 0 bridgehead atoms. The highest BCUT2D eigenvalue weighted by Gasteiger charge is 2.04. The van der Waals surface area contributed by atoms with Gasteiger partial charge in [-0.2, -0.15) is 5.10 Å². The molecule has 88 valence electrons. The second-order valence-electron chi connectivity index (χ2n) is 2.80. The summed E-state index contributed by atoms with van der Waals surface area (Å²) in [5.41, 5.74) is 1.90. The average Bonchev–Trinajstić information content (AvgIpc) is 2.61. The Labute approximate surface area is 90.4 Å². The van der Waals surface area contributed by atoms with E-state index in [1.165, 1.54) is 11.0 Å². The minimum absolute atomic E-state index is 0.128. The summed E-state index contributed by atoms with van der Waals surface area (Å²) in [5, 5.41) is 14.5. The van der Waals surface area contributed by atoms with E-state index in [2.05, 4.69) is 20.2 Å². The summed E-state index contributed by atoms with van der Waals surface area (Å²) in [6.45, 7) is -0.474. The van der Waals surface area contributed by atoms with Gasteiger partial charge in [-0.25, -0.2) is 20.1 Å². The lowest BCUT2D eigenvalue weighted by Gasteiger charge is -2.04. The monoisotopic (exact) mass is 229 g/mol. The van der Waals surface area contributed by atoms with E-state index in [9.17, 15) is 9.59 Å². The molecule has 3 N–H and O–H groups in total. The van der Waals surface area contributed by atoms with E-state index in [1.807, 2.05) is 5.48 Å². The fourth-order valence-corrected chi connectivity index (χ4v) is 0.824. The molecule has 1 aromatic heterocycles. The van der Waals surface area contributed by atoms with Crippen molar-refractivity contribution >= 4 is 12.0 Å². The third-order valence-electron chi connectivity index (χ3n) is 1.41. The lowest BCUT2D eigenvalue weighted by Crippen LogP contribution is -2.36. The molecule has 2 amide bonds. The Morgan fingerprint density at radius 2 is 2.38 bits per heavy atom. The lowest BCUT2D eigenvalue weighted by atomic mass is 10.6. The first-order valence-electron chi connectivity index (χ1n) is 4.30. The van der Waals surface area contributed by atoms with Gasteiger partial charge >= 0.3 is 12.0 Å². The predicted octanol–water partition coefficient (Wildman–Crippen LogP) is -1.37. The van der Waals surface area contributed by atoms with Crippen LogP contribution in [0.25, 0.3) is 0 Å². The number of nitrogens with one attached hydrogen (secondary N) is 2. The first-order chi connectivity index (χ1) is 7.58. The molecule has 0 atom stereocenters. The zero-order chi connectivity index (χ0) is 12.0. The maximum absolute atomic E-state index is 11.0. The smallest absolute Gasteiger partial charge is 0.339 e. The normalized spacial score (nSPS) is 9.81. The minimum Gasteiger partial charge on any atom is -0.479 e. The van der Waals surface area contributed by atoms with Gasteiger partial charge in [0.05, 0.1) is 6.54 Å². The number of aliphatic carboxylic acids is 1. The van der Waals surface area contributed by atoms with Gasteiger partial charge in [-0.05, 0) is 0 Å². The van der Waals surface area contributed by atoms with Crippen molar-refractivity contribution in [3.8, 4) is 0 Å². The molecule has 0 saturated heterocycles. The van der Waals surface area contributed by atoms with Gasteiger partial charge in [0, 0.05) is 7.05 Å². The molecule has 9 nitrogen and oxygen atoms in total. The van der Waals surface area contributed by atoms with Crippen LogP contribution in [0.15, 0.2) is 6.33 Å². The Hall–Kier alpha value is -2.16. The summed E-state index contributed by atoms with van der Waals surface area (Å²) < 4.78 is 1.50. The number of carbonyl (C=O) groups is 2. The van der Waals surface area contributed by atoms with Gasteiger partial charge in [0.15, 0.2) is 12.4 Å². The van der Waals surface area contributed by atoms with E-state index < -0.39 is 18.6 Å². The van der Waals surface area contributed by atoms with Crippen LogP contribution in [-0.4, -0.2) is 38.5 Å². The van der Waals surface area contributed by atoms with Crippen LogP contribution in [0.5, 0.6) is 0 Å². The number of amides is 2. The fraction of sp³-hybridized carbons (Fsp3) is 0.429. The molecule has 0 unspecified atom stereocenters. The quantitative estimate of drug-likeness (QED) is 0.536. The summed E-state index contributed by atoms with van der Waals surface area (Å²) in [6.07, 6.45) is 1.50. The Morgan fingerprint density at radius 3 is 2.94 bits per heavy atom. The summed E-state index contributed by atoms with van der Waals surface area (Å²) in [4.78, 5) is 29.3. The van der Waals surface area contributed by atoms with E-state index in [4.69, 9.17) is 5.11 Å². The highest BCUT2D eigenvalue weighted by atomic mass is 16.7. The summed E-state index contributed by atoms with van der Waals surface area (Å²) in [6, 6.07) is -0.659. The van der Waals surface area contributed by atoms with Crippen molar-refractivity contribution in [1.29, 1.82) is 0 Å². The van der Waals surface area contributed by atoms with Crippen molar-refractivity contribution in [3.05, 3.63) is 12.2 Å². The number of aryl methyl sites for hydroxylation is 1. The lowest BCUT2D eigenvalue weighted by molar-refractivity contribution is -0.144. The molecule has 0 aliphatic rings.